The standard InChI is InChI=1S/C15H15NO3/c1-11(17)16-12-6-8-13(9-7-12)19-15-5-3-4-14(10-15)18-2/h3-10H,1-2H3,(H,16,17). The minimum Gasteiger partial charge on any atom is -0.497 e. The van der Waals surface area contributed by atoms with Crippen LogP contribution in [0.25, 0.3) is 0 Å². The number of hydrogen-bond acceptors (Lipinski definition) is 3. The molecule has 0 atom stereocenters. The number of nitrogens with one attached hydrogen (secondary N) is 1. The zero-order chi connectivity index (χ0) is 13.7. The summed E-state index contributed by atoms with van der Waals surface area (Å²) in [7, 11) is 1.61. The van der Waals surface area contributed by atoms with Gasteiger partial charge in [0.1, 0.15) is 17.2 Å². The Kier molecular flexibility index (Phi) is 4.03. The lowest BCUT2D eigenvalue weighted by Gasteiger charge is -2.08. The summed E-state index contributed by atoms with van der Waals surface area (Å²) < 4.78 is 10.8. The molecule has 0 aliphatic carbocycles. The van der Waals surface area contributed by atoms with E-state index in [1.165, 1.54) is 6.92 Å². The van der Waals surface area contributed by atoms with E-state index >= 15 is 0 Å². The van der Waals surface area contributed by atoms with Gasteiger partial charge in [-0.15, -0.1) is 0 Å². The average molecular weight is 257 g/mol. The summed E-state index contributed by atoms with van der Waals surface area (Å²) in [5.41, 5.74) is 0.741. The lowest BCUT2D eigenvalue weighted by molar-refractivity contribution is -0.114. The van der Waals surface area contributed by atoms with E-state index in [4.69, 9.17) is 9.47 Å². The first kappa shape index (κ1) is 13.0. The highest BCUT2D eigenvalue weighted by Gasteiger charge is 2.00. The second-order valence-electron chi connectivity index (χ2n) is 3.99. The number of rotatable bonds is 4. The zero-order valence-corrected chi connectivity index (χ0v) is 10.8. The molecule has 0 unspecified atom stereocenters. The van der Waals surface area contributed by atoms with E-state index in [-0.39, 0.29) is 5.91 Å². The van der Waals surface area contributed by atoms with E-state index < -0.39 is 0 Å². The first-order valence-electron chi connectivity index (χ1n) is 5.87. The van der Waals surface area contributed by atoms with Crippen LogP contribution in [-0.4, -0.2) is 13.0 Å². The molecule has 98 valence electrons. The molecule has 0 aliphatic heterocycles. The molecule has 4 nitrogen and oxygen atoms in total. The number of amides is 1. The molecule has 2 aromatic rings. The third-order valence-corrected chi connectivity index (χ3v) is 2.45. The lowest BCUT2D eigenvalue weighted by atomic mass is 10.3. The molecule has 1 amide bonds. The fourth-order valence-corrected chi connectivity index (χ4v) is 1.61. The maximum absolute atomic E-state index is 10.9. The van der Waals surface area contributed by atoms with Crippen molar-refractivity contribution in [2.45, 2.75) is 6.92 Å². The third kappa shape index (κ3) is 3.74. The summed E-state index contributed by atoms with van der Waals surface area (Å²) in [6.45, 7) is 1.47. The molecule has 0 saturated heterocycles. The van der Waals surface area contributed by atoms with Crippen LogP contribution in [0.15, 0.2) is 48.5 Å². The number of hydrogen-bond donors (Lipinski definition) is 1. The van der Waals surface area contributed by atoms with E-state index in [1.54, 1.807) is 31.4 Å². The van der Waals surface area contributed by atoms with Gasteiger partial charge in [0.15, 0.2) is 0 Å². The van der Waals surface area contributed by atoms with Crippen LogP contribution in [0.4, 0.5) is 5.69 Å². The SMILES string of the molecule is COc1cccc(Oc2ccc(NC(C)=O)cc2)c1. The predicted molar refractivity (Wildman–Crippen MR) is 73.8 cm³/mol. The van der Waals surface area contributed by atoms with Gasteiger partial charge in [0, 0.05) is 18.7 Å². The first-order chi connectivity index (χ1) is 9.17. The van der Waals surface area contributed by atoms with E-state index in [1.807, 2.05) is 24.3 Å². The highest BCUT2D eigenvalue weighted by atomic mass is 16.5. The molecule has 4 heteroatoms. The van der Waals surface area contributed by atoms with E-state index in [0.29, 0.717) is 11.5 Å². The molecular formula is C15H15NO3. The Morgan fingerprint density at radius 3 is 2.32 bits per heavy atom. The van der Waals surface area contributed by atoms with Crippen LogP contribution in [0.5, 0.6) is 17.2 Å². The molecule has 0 aromatic heterocycles. The monoisotopic (exact) mass is 257 g/mol. The summed E-state index contributed by atoms with van der Waals surface area (Å²) in [4.78, 5) is 10.9. The number of anilines is 1. The maximum atomic E-state index is 10.9. The molecule has 2 rings (SSSR count). The highest BCUT2D eigenvalue weighted by molar-refractivity contribution is 5.88. The first-order valence-corrected chi connectivity index (χ1v) is 5.87. The molecule has 0 radical (unpaired) electrons. The third-order valence-electron chi connectivity index (χ3n) is 2.45. The van der Waals surface area contributed by atoms with Crippen molar-refractivity contribution in [1.29, 1.82) is 0 Å². The number of methoxy groups -OCH3 is 1. The van der Waals surface area contributed by atoms with Gasteiger partial charge < -0.3 is 14.8 Å². The van der Waals surface area contributed by atoms with Gasteiger partial charge in [-0.25, -0.2) is 0 Å². The number of carbonyl (C=O) groups is 1. The number of ether oxygens (including phenoxy) is 2. The molecule has 0 fully saturated rings. The van der Waals surface area contributed by atoms with Crippen LogP contribution in [0.1, 0.15) is 6.92 Å². The number of benzene rings is 2. The second kappa shape index (κ2) is 5.91. The Bertz CT molecular complexity index is 564. The Balaban J connectivity index is 2.08. The van der Waals surface area contributed by atoms with Crippen molar-refractivity contribution in [2.75, 3.05) is 12.4 Å². The molecule has 0 spiro atoms. The van der Waals surface area contributed by atoms with Crippen LogP contribution in [0.2, 0.25) is 0 Å². The van der Waals surface area contributed by atoms with Gasteiger partial charge in [0.2, 0.25) is 5.91 Å². The number of carbonyl (C=O) groups excluding carboxylic acids is 1. The van der Waals surface area contributed by atoms with Crippen molar-refractivity contribution in [2.24, 2.45) is 0 Å². The normalized spacial score (nSPS) is 9.79. The van der Waals surface area contributed by atoms with Crippen LogP contribution in [0.3, 0.4) is 0 Å². The van der Waals surface area contributed by atoms with Crippen molar-refractivity contribution >= 4 is 11.6 Å². The highest BCUT2D eigenvalue weighted by Crippen LogP contribution is 2.25. The van der Waals surface area contributed by atoms with Crippen LogP contribution in [-0.2, 0) is 4.79 Å². The topological polar surface area (TPSA) is 47.6 Å². The molecular weight excluding hydrogens is 242 g/mol. The average Bonchev–Trinajstić information content (AvgIpc) is 2.41. The van der Waals surface area contributed by atoms with Crippen LogP contribution < -0.4 is 14.8 Å². The molecule has 1 N–H and O–H groups in total. The summed E-state index contributed by atoms with van der Waals surface area (Å²) in [6, 6.07) is 14.5. The maximum Gasteiger partial charge on any atom is 0.221 e. The van der Waals surface area contributed by atoms with E-state index in [0.717, 1.165) is 11.4 Å². The smallest absolute Gasteiger partial charge is 0.221 e. The van der Waals surface area contributed by atoms with Gasteiger partial charge in [-0.05, 0) is 36.4 Å². The molecule has 0 aliphatic rings. The van der Waals surface area contributed by atoms with Gasteiger partial charge in [-0.1, -0.05) is 6.07 Å². The van der Waals surface area contributed by atoms with E-state index in [2.05, 4.69) is 5.32 Å². The predicted octanol–water partition coefficient (Wildman–Crippen LogP) is 3.45. The van der Waals surface area contributed by atoms with Crippen molar-refractivity contribution in [3.63, 3.8) is 0 Å². The summed E-state index contributed by atoms with van der Waals surface area (Å²) in [6.07, 6.45) is 0. The summed E-state index contributed by atoms with van der Waals surface area (Å²) >= 11 is 0. The largest absolute Gasteiger partial charge is 0.497 e. The van der Waals surface area contributed by atoms with Crippen LogP contribution in [0, 0.1) is 0 Å². The Hall–Kier alpha value is -2.49. The van der Waals surface area contributed by atoms with Gasteiger partial charge in [-0.3, -0.25) is 4.79 Å². The Morgan fingerprint density at radius 2 is 1.68 bits per heavy atom. The Morgan fingerprint density at radius 1 is 1.00 bits per heavy atom. The quantitative estimate of drug-likeness (QED) is 0.912. The van der Waals surface area contributed by atoms with Crippen molar-refractivity contribution < 1.29 is 14.3 Å². The fraction of sp³-hybridized carbons (Fsp3) is 0.133. The Labute approximate surface area is 112 Å². The zero-order valence-electron chi connectivity index (χ0n) is 10.8. The molecule has 0 saturated carbocycles. The molecule has 2 aromatic carbocycles. The van der Waals surface area contributed by atoms with Crippen LogP contribution >= 0.6 is 0 Å². The van der Waals surface area contributed by atoms with E-state index in [9.17, 15) is 4.79 Å². The summed E-state index contributed by atoms with van der Waals surface area (Å²) in [5, 5.41) is 2.70. The minimum atomic E-state index is -0.0959. The molecule has 0 heterocycles. The molecule has 19 heavy (non-hydrogen) atoms. The van der Waals surface area contributed by atoms with Crippen molar-refractivity contribution in [3.8, 4) is 17.2 Å². The van der Waals surface area contributed by atoms with Crippen molar-refractivity contribution in [1.82, 2.24) is 0 Å². The van der Waals surface area contributed by atoms with Gasteiger partial charge in [-0.2, -0.15) is 0 Å². The molecule has 0 bridgehead atoms. The fourth-order valence-electron chi connectivity index (χ4n) is 1.61. The van der Waals surface area contributed by atoms with Gasteiger partial charge in [0.05, 0.1) is 7.11 Å². The minimum absolute atomic E-state index is 0.0959. The van der Waals surface area contributed by atoms with Crippen molar-refractivity contribution in [3.05, 3.63) is 48.5 Å². The summed E-state index contributed by atoms with van der Waals surface area (Å²) in [5.74, 6) is 2.04. The second-order valence-corrected chi connectivity index (χ2v) is 3.99. The lowest BCUT2D eigenvalue weighted by Crippen LogP contribution is -2.05. The van der Waals surface area contributed by atoms with Gasteiger partial charge in [0.25, 0.3) is 0 Å². The van der Waals surface area contributed by atoms with Gasteiger partial charge >= 0.3 is 0 Å².